The second-order valence-electron chi connectivity index (χ2n) is 16.5. The number of carbonyl (C=O) groups excluding carboxylic acids is 6. The average Bonchev–Trinajstić information content (AvgIpc) is 3.34. The molecular weight excluding hydrogens is 877 g/mol. The maximum Gasteiger partial charge on any atom is 0.550 e. The Morgan fingerprint density at radius 3 is 0.925 bits per heavy atom. The molecule has 0 saturated heterocycles. The lowest BCUT2D eigenvalue weighted by atomic mass is 9.61. The van der Waals surface area contributed by atoms with E-state index < -0.39 is 54.7 Å². The lowest BCUT2D eigenvalue weighted by Gasteiger charge is -2.45. The molecule has 0 N–H and O–H groups in total. The standard InChI is InChI=1S/C49H58O18/c1-4-56-40-13-7-10-34(28-40)44(50)62-65-47(53)59-37-22-16-31(17-23-37)43(32-18-24-38(25-19-32)60-48(54)66-63-45(51)35-11-8-14-41(29-35)57-5-2)33-20-26-39(27-21-33)61-49(55)67-64-46(52)36-12-9-15-42(30-36)58-6-3/h7-15,28-33,37-39,43H,4-6,16-27H2,1-3H3. The maximum absolute atomic E-state index is 12.6. The number of rotatable bonds is 15. The lowest BCUT2D eigenvalue weighted by molar-refractivity contribution is -0.209. The molecule has 6 rings (SSSR count). The van der Waals surface area contributed by atoms with Gasteiger partial charge in [0.2, 0.25) is 0 Å². The van der Waals surface area contributed by atoms with Crippen LogP contribution < -0.4 is 14.2 Å². The van der Waals surface area contributed by atoms with E-state index in [2.05, 4.69) is 0 Å². The van der Waals surface area contributed by atoms with E-state index in [-0.39, 0.29) is 40.4 Å². The van der Waals surface area contributed by atoms with Crippen LogP contribution >= 0.6 is 0 Å². The quantitative estimate of drug-likeness (QED) is 0.0600. The molecule has 0 amide bonds. The monoisotopic (exact) mass is 934 g/mol. The normalized spacial score (nSPS) is 21.7. The minimum atomic E-state index is -1.11. The number of hydrogen-bond donors (Lipinski definition) is 0. The van der Waals surface area contributed by atoms with Crippen molar-refractivity contribution in [3.8, 4) is 17.2 Å². The first-order valence-corrected chi connectivity index (χ1v) is 23.0. The van der Waals surface area contributed by atoms with E-state index in [0.29, 0.717) is 75.6 Å². The fourth-order valence-corrected chi connectivity index (χ4v) is 9.39. The highest BCUT2D eigenvalue weighted by atomic mass is 17.2. The van der Waals surface area contributed by atoms with Crippen LogP contribution in [-0.2, 0) is 43.5 Å². The zero-order chi connectivity index (χ0) is 47.5. The van der Waals surface area contributed by atoms with E-state index in [9.17, 15) is 28.8 Å². The van der Waals surface area contributed by atoms with Gasteiger partial charge >= 0.3 is 36.4 Å². The molecule has 3 aromatic rings. The van der Waals surface area contributed by atoms with Crippen LogP contribution in [0, 0.1) is 23.7 Å². The van der Waals surface area contributed by atoms with Crippen LogP contribution in [0.1, 0.15) is 129 Å². The average molecular weight is 935 g/mol. The molecular formula is C49H58O18. The summed E-state index contributed by atoms with van der Waals surface area (Å²) in [5, 5.41) is 0. The van der Waals surface area contributed by atoms with Crippen molar-refractivity contribution in [1.29, 1.82) is 0 Å². The largest absolute Gasteiger partial charge is 0.550 e. The van der Waals surface area contributed by atoms with Crippen LogP contribution in [-0.4, -0.2) is 74.5 Å². The van der Waals surface area contributed by atoms with Gasteiger partial charge in [-0.25, -0.2) is 43.7 Å². The maximum atomic E-state index is 12.6. The fraction of sp³-hybridized carbons (Fsp3) is 0.510. The molecule has 3 saturated carbocycles. The van der Waals surface area contributed by atoms with Gasteiger partial charge in [-0.3, -0.25) is 0 Å². The van der Waals surface area contributed by atoms with Crippen molar-refractivity contribution in [2.75, 3.05) is 19.8 Å². The summed E-state index contributed by atoms with van der Waals surface area (Å²) in [4.78, 5) is 104. The van der Waals surface area contributed by atoms with Crippen LogP contribution in [0.4, 0.5) is 14.4 Å². The molecule has 362 valence electrons. The second-order valence-corrected chi connectivity index (χ2v) is 16.5. The Balaban J connectivity index is 0.996. The number of benzene rings is 3. The van der Waals surface area contributed by atoms with Gasteiger partial charge in [0.15, 0.2) is 0 Å². The molecule has 3 aromatic carbocycles. The Bertz CT molecular complexity index is 1880. The minimum absolute atomic E-state index is 0.147. The van der Waals surface area contributed by atoms with Crippen LogP contribution in [0.3, 0.4) is 0 Å². The van der Waals surface area contributed by atoms with Crippen molar-refractivity contribution in [2.24, 2.45) is 23.7 Å². The van der Waals surface area contributed by atoms with Crippen molar-refractivity contribution in [1.82, 2.24) is 0 Å². The van der Waals surface area contributed by atoms with Crippen LogP contribution in [0.2, 0.25) is 0 Å². The number of carbonyl (C=O) groups is 6. The van der Waals surface area contributed by atoms with Crippen molar-refractivity contribution in [2.45, 2.75) is 116 Å². The van der Waals surface area contributed by atoms with Gasteiger partial charge in [-0.2, -0.15) is 14.4 Å². The first-order chi connectivity index (χ1) is 32.5. The molecule has 0 unspecified atom stereocenters. The van der Waals surface area contributed by atoms with E-state index in [1.807, 2.05) is 20.8 Å². The Hall–Kier alpha value is -6.72. The summed E-state index contributed by atoms with van der Waals surface area (Å²) in [6.45, 7) is 6.69. The molecule has 3 fully saturated rings. The molecule has 18 heteroatoms. The van der Waals surface area contributed by atoms with Crippen LogP contribution in [0.25, 0.3) is 0 Å². The zero-order valence-electron chi connectivity index (χ0n) is 37.9. The first-order valence-electron chi connectivity index (χ1n) is 23.0. The Morgan fingerprint density at radius 1 is 0.403 bits per heavy atom. The van der Waals surface area contributed by atoms with Gasteiger partial charge in [-0.1, -0.05) is 18.2 Å². The predicted molar refractivity (Wildman–Crippen MR) is 233 cm³/mol. The van der Waals surface area contributed by atoms with E-state index in [4.69, 9.17) is 57.7 Å². The van der Waals surface area contributed by atoms with Gasteiger partial charge < -0.3 is 28.4 Å². The van der Waals surface area contributed by atoms with E-state index in [1.54, 1.807) is 36.4 Å². The third kappa shape index (κ3) is 15.2. The second kappa shape index (κ2) is 25.3. The van der Waals surface area contributed by atoms with Crippen molar-refractivity contribution in [3.63, 3.8) is 0 Å². The highest BCUT2D eigenvalue weighted by Gasteiger charge is 2.42. The first kappa shape index (κ1) is 49.7. The Morgan fingerprint density at radius 2 is 0.672 bits per heavy atom. The summed E-state index contributed by atoms with van der Waals surface area (Å²) >= 11 is 0. The Labute approximate surface area is 388 Å². The molecule has 0 atom stereocenters. The van der Waals surface area contributed by atoms with E-state index in [0.717, 1.165) is 38.5 Å². The van der Waals surface area contributed by atoms with Gasteiger partial charge in [0, 0.05) is 0 Å². The summed E-state index contributed by atoms with van der Waals surface area (Å²) in [6, 6.07) is 18.9. The molecule has 0 aliphatic heterocycles. The highest BCUT2D eigenvalue weighted by molar-refractivity contribution is 5.91. The summed E-state index contributed by atoms with van der Waals surface area (Å²) < 4.78 is 32.9. The van der Waals surface area contributed by atoms with Crippen LogP contribution in [0.15, 0.2) is 72.8 Å². The third-order valence-corrected chi connectivity index (χ3v) is 12.3. The predicted octanol–water partition coefficient (Wildman–Crippen LogP) is 10.3. The summed E-state index contributed by atoms with van der Waals surface area (Å²) in [5.74, 6) is -0.128. The molecule has 3 aliphatic carbocycles. The van der Waals surface area contributed by atoms with Gasteiger partial charge in [0.1, 0.15) is 35.6 Å². The van der Waals surface area contributed by atoms with Gasteiger partial charge in [-0.15, -0.1) is 0 Å². The van der Waals surface area contributed by atoms with Crippen molar-refractivity contribution >= 4 is 36.4 Å². The molecule has 0 aromatic heterocycles. The molecule has 67 heavy (non-hydrogen) atoms. The lowest BCUT2D eigenvalue weighted by Crippen LogP contribution is -2.39. The molecule has 0 spiro atoms. The topological polar surface area (TPSA) is 213 Å². The van der Waals surface area contributed by atoms with Crippen molar-refractivity contribution < 1.29 is 86.5 Å². The van der Waals surface area contributed by atoms with Gasteiger partial charge in [-0.05, 0) is 176 Å². The van der Waals surface area contributed by atoms with E-state index >= 15 is 0 Å². The Kier molecular flexibility index (Phi) is 18.7. The van der Waals surface area contributed by atoms with Gasteiger partial charge in [0.25, 0.3) is 0 Å². The minimum Gasteiger partial charge on any atom is -0.494 e. The summed E-state index contributed by atoms with van der Waals surface area (Å²) in [6.07, 6.45) is 3.30. The molecule has 0 radical (unpaired) electrons. The highest BCUT2D eigenvalue weighted by Crippen LogP contribution is 2.48. The van der Waals surface area contributed by atoms with Gasteiger partial charge in [0.05, 0.1) is 36.5 Å². The summed E-state index contributed by atoms with van der Waals surface area (Å²) in [7, 11) is 0. The summed E-state index contributed by atoms with van der Waals surface area (Å²) in [5.41, 5.74) is 0.442. The molecule has 0 heterocycles. The number of ether oxygens (including phenoxy) is 6. The van der Waals surface area contributed by atoms with Crippen LogP contribution in [0.5, 0.6) is 17.2 Å². The smallest absolute Gasteiger partial charge is 0.494 e. The SMILES string of the molecule is CCOc1cccc(C(=O)OOC(=O)OC2CCC(C(C3CCC(OC(=O)OOC(=O)c4cccc(OCC)c4)CC3)C3CCC(OC(=O)OOC(=O)c4cccc(OCC)c4)CC3)CC2)c1. The van der Waals surface area contributed by atoms with Crippen molar-refractivity contribution in [3.05, 3.63) is 89.5 Å². The van der Waals surface area contributed by atoms with E-state index in [1.165, 1.54) is 36.4 Å². The molecule has 0 bridgehead atoms. The fourth-order valence-electron chi connectivity index (χ4n) is 9.39. The molecule has 18 nitrogen and oxygen atoms in total. The third-order valence-electron chi connectivity index (χ3n) is 12.3. The molecule has 3 aliphatic rings. The number of hydrogen-bond acceptors (Lipinski definition) is 18. The zero-order valence-corrected chi connectivity index (χ0v) is 37.9.